The average molecular weight is 272 g/mol. The lowest BCUT2D eigenvalue weighted by atomic mass is 10.2. The van der Waals surface area contributed by atoms with Crippen LogP contribution in [0.25, 0.3) is 0 Å². The van der Waals surface area contributed by atoms with Gasteiger partial charge < -0.3 is 16.2 Å². The highest BCUT2D eigenvalue weighted by atomic mass is 32.2. The van der Waals surface area contributed by atoms with Crippen LogP contribution in [0.4, 0.5) is 17.3 Å². The first-order chi connectivity index (χ1) is 8.49. The van der Waals surface area contributed by atoms with Crippen LogP contribution in [0.15, 0.2) is 12.1 Å². The van der Waals surface area contributed by atoms with Crippen molar-refractivity contribution >= 4 is 29.1 Å². The first-order valence-electron chi connectivity index (χ1n) is 5.30. The maximum absolute atomic E-state index is 10.9. The number of aromatic nitrogens is 1. The summed E-state index contributed by atoms with van der Waals surface area (Å²) >= 11 is 1.47. The van der Waals surface area contributed by atoms with Crippen LogP contribution < -0.4 is 11.1 Å². The maximum atomic E-state index is 10.9. The molecule has 0 aliphatic rings. The van der Waals surface area contributed by atoms with Crippen molar-refractivity contribution in [2.24, 2.45) is 0 Å². The van der Waals surface area contributed by atoms with Crippen molar-refractivity contribution in [3.63, 3.8) is 0 Å². The molecule has 0 saturated heterocycles. The molecule has 1 aromatic heterocycles. The molecule has 0 spiro atoms. The molecule has 0 amide bonds. The van der Waals surface area contributed by atoms with E-state index in [2.05, 4.69) is 10.3 Å². The Morgan fingerprint density at radius 2 is 2.33 bits per heavy atom. The number of nitro groups is 1. The molecule has 0 bridgehead atoms. The summed E-state index contributed by atoms with van der Waals surface area (Å²) in [6.45, 7) is 1.80. The van der Waals surface area contributed by atoms with Gasteiger partial charge in [-0.25, -0.2) is 4.98 Å². The molecule has 1 heterocycles. The van der Waals surface area contributed by atoms with Crippen molar-refractivity contribution in [1.82, 2.24) is 4.98 Å². The van der Waals surface area contributed by atoms with Gasteiger partial charge in [-0.3, -0.25) is 10.1 Å². The Morgan fingerprint density at radius 3 is 2.83 bits per heavy atom. The fraction of sp³-hybridized carbons (Fsp3) is 0.500. The zero-order valence-electron chi connectivity index (χ0n) is 10.2. The second kappa shape index (κ2) is 6.41. The number of aliphatic hydroxyl groups excluding tert-OH is 1. The van der Waals surface area contributed by atoms with Crippen LogP contribution >= 0.6 is 11.8 Å². The van der Waals surface area contributed by atoms with E-state index in [0.29, 0.717) is 0 Å². The number of nitrogens with one attached hydrogen (secondary N) is 1. The lowest BCUT2D eigenvalue weighted by Gasteiger charge is -2.21. The highest BCUT2D eigenvalue weighted by molar-refractivity contribution is 7.99. The molecule has 0 saturated carbocycles. The molecule has 1 aromatic rings. The molecule has 0 fully saturated rings. The molecule has 0 radical (unpaired) electrons. The standard InChI is InChI=1S/C10H16N4O3S/c1-6(8(5-15)18-2)12-10-7(14(16)17)3-4-9(11)13-10/h3-4,6,8,15H,5H2,1-2H3,(H3,11,12,13). The maximum Gasteiger partial charge on any atom is 0.311 e. The average Bonchev–Trinajstić information content (AvgIpc) is 2.30. The molecule has 1 rings (SSSR count). The van der Waals surface area contributed by atoms with E-state index in [9.17, 15) is 10.1 Å². The SMILES string of the molecule is CSC(CO)C(C)Nc1nc(N)ccc1[N+](=O)[O-]. The van der Waals surface area contributed by atoms with Crippen LogP contribution in [0.2, 0.25) is 0 Å². The number of nitrogens with two attached hydrogens (primary N) is 1. The summed E-state index contributed by atoms with van der Waals surface area (Å²) in [5.41, 5.74) is 5.39. The van der Waals surface area contributed by atoms with Crippen molar-refractivity contribution in [2.75, 3.05) is 23.9 Å². The van der Waals surface area contributed by atoms with Gasteiger partial charge in [0, 0.05) is 17.4 Å². The fourth-order valence-corrected chi connectivity index (χ4v) is 2.09. The Kier molecular flexibility index (Phi) is 5.17. The van der Waals surface area contributed by atoms with E-state index in [0.717, 1.165) is 0 Å². The molecule has 18 heavy (non-hydrogen) atoms. The Morgan fingerprint density at radius 1 is 1.67 bits per heavy atom. The van der Waals surface area contributed by atoms with Gasteiger partial charge in [0.25, 0.3) is 0 Å². The number of nitrogen functional groups attached to an aromatic ring is 1. The number of aliphatic hydroxyl groups is 1. The molecular formula is C10H16N4O3S. The molecule has 2 atom stereocenters. The quantitative estimate of drug-likeness (QED) is 0.524. The number of hydrogen-bond acceptors (Lipinski definition) is 7. The van der Waals surface area contributed by atoms with Crippen molar-refractivity contribution in [3.8, 4) is 0 Å². The summed E-state index contributed by atoms with van der Waals surface area (Å²) in [5, 5.41) is 22.9. The highest BCUT2D eigenvalue weighted by Crippen LogP contribution is 2.25. The number of anilines is 2. The third kappa shape index (κ3) is 3.47. The highest BCUT2D eigenvalue weighted by Gasteiger charge is 2.21. The Hall–Kier alpha value is -1.54. The monoisotopic (exact) mass is 272 g/mol. The van der Waals surface area contributed by atoms with Crippen molar-refractivity contribution < 1.29 is 10.0 Å². The normalized spacial score (nSPS) is 13.9. The van der Waals surface area contributed by atoms with Crippen molar-refractivity contribution in [1.29, 1.82) is 0 Å². The zero-order valence-corrected chi connectivity index (χ0v) is 11.0. The van der Waals surface area contributed by atoms with E-state index >= 15 is 0 Å². The molecule has 100 valence electrons. The molecule has 0 aromatic carbocycles. The number of pyridine rings is 1. The minimum absolute atomic E-state index is 0.0224. The predicted molar refractivity (Wildman–Crippen MR) is 72.8 cm³/mol. The van der Waals surface area contributed by atoms with Gasteiger partial charge in [-0.15, -0.1) is 0 Å². The summed E-state index contributed by atoms with van der Waals surface area (Å²) < 4.78 is 0. The van der Waals surface area contributed by atoms with Crippen LogP contribution in [0.1, 0.15) is 6.92 Å². The van der Waals surface area contributed by atoms with Crippen LogP contribution in [-0.4, -0.2) is 39.2 Å². The smallest absolute Gasteiger partial charge is 0.311 e. The van der Waals surface area contributed by atoms with E-state index in [1.807, 2.05) is 13.2 Å². The summed E-state index contributed by atoms with van der Waals surface area (Å²) in [6.07, 6.45) is 1.86. The van der Waals surface area contributed by atoms with E-state index in [4.69, 9.17) is 10.8 Å². The minimum atomic E-state index is -0.519. The van der Waals surface area contributed by atoms with Gasteiger partial charge >= 0.3 is 5.69 Å². The largest absolute Gasteiger partial charge is 0.395 e. The molecule has 0 aliphatic carbocycles. The van der Waals surface area contributed by atoms with Crippen LogP contribution in [0.3, 0.4) is 0 Å². The van der Waals surface area contributed by atoms with Crippen LogP contribution in [0.5, 0.6) is 0 Å². The number of hydrogen-bond donors (Lipinski definition) is 3. The first kappa shape index (κ1) is 14.5. The Balaban J connectivity index is 2.95. The van der Waals surface area contributed by atoms with Gasteiger partial charge in [0.2, 0.25) is 5.82 Å². The molecule has 0 aliphatic heterocycles. The van der Waals surface area contributed by atoms with Crippen LogP contribution in [0, 0.1) is 10.1 Å². The Bertz CT molecular complexity index is 426. The van der Waals surface area contributed by atoms with Gasteiger partial charge in [0.15, 0.2) is 0 Å². The Labute approximate surface area is 109 Å². The topological polar surface area (TPSA) is 114 Å². The first-order valence-corrected chi connectivity index (χ1v) is 6.59. The summed E-state index contributed by atoms with van der Waals surface area (Å²) in [5.74, 6) is 0.333. The molecular weight excluding hydrogens is 256 g/mol. The van der Waals surface area contributed by atoms with Gasteiger partial charge in [-0.2, -0.15) is 11.8 Å². The lowest BCUT2D eigenvalue weighted by Crippen LogP contribution is -2.31. The second-order valence-electron chi connectivity index (χ2n) is 3.75. The fourth-order valence-electron chi connectivity index (χ4n) is 1.47. The van der Waals surface area contributed by atoms with E-state index < -0.39 is 4.92 Å². The van der Waals surface area contributed by atoms with Gasteiger partial charge in [0.1, 0.15) is 5.82 Å². The number of thioether (sulfide) groups is 1. The summed E-state index contributed by atoms with van der Waals surface area (Å²) in [4.78, 5) is 14.3. The van der Waals surface area contributed by atoms with E-state index in [1.54, 1.807) is 0 Å². The molecule has 4 N–H and O–H groups in total. The number of nitrogens with zero attached hydrogens (tertiary/aromatic N) is 2. The third-order valence-corrected chi connectivity index (χ3v) is 3.66. The molecule has 7 nitrogen and oxygen atoms in total. The van der Waals surface area contributed by atoms with Crippen molar-refractivity contribution in [3.05, 3.63) is 22.2 Å². The molecule has 2 unspecified atom stereocenters. The van der Waals surface area contributed by atoms with Gasteiger partial charge in [-0.05, 0) is 19.2 Å². The third-order valence-electron chi connectivity index (χ3n) is 2.50. The van der Waals surface area contributed by atoms with Gasteiger partial charge in [-0.1, -0.05) is 0 Å². The minimum Gasteiger partial charge on any atom is -0.395 e. The van der Waals surface area contributed by atoms with Gasteiger partial charge in [0.05, 0.1) is 11.5 Å². The molecule has 8 heteroatoms. The van der Waals surface area contributed by atoms with Crippen LogP contribution in [-0.2, 0) is 0 Å². The van der Waals surface area contributed by atoms with E-state index in [-0.39, 0.29) is 35.2 Å². The summed E-state index contributed by atoms with van der Waals surface area (Å²) in [6, 6.07) is 2.52. The van der Waals surface area contributed by atoms with E-state index in [1.165, 1.54) is 23.9 Å². The predicted octanol–water partition coefficient (Wildman–Crippen LogP) is 1.10. The second-order valence-corrected chi connectivity index (χ2v) is 4.83. The summed E-state index contributed by atoms with van der Waals surface area (Å²) in [7, 11) is 0. The number of rotatable bonds is 6. The van der Waals surface area contributed by atoms with Crippen molar-refractivity contribution in [2.45, 2.75) is 18.2 Å². The zero-order chi connectivity index (χ0) is 13.7. The lowest BCUT2D eigenvalue weighted by molar-refractivity contribution is -0.384.